The molecule has 2 rings (SSSR count). The standard InChI is InChI=1S/C11H10N2O/c12-10-3-1-2-4-11(10)13-7-5-9(14)6-8-13/h1-8H,12H2. The molecular weight excluding hydrogens is 176 g/mol. The molecule has 0 aliphatic rings. The van der Waals surface area contributed by atoms with Gasteiger partial charge >= 0.3 is 0 Å². The number of nitrogens with zero attached hydrogens (tertiary/aromatic N) is 1. The number of pyridine rings is 1. The molecule has 14 heavy (non-hydrogen) atoms. The van der Waals surface area contributed by atoms with Crippen LogP contribution >= 0.6 is 0 Å². The summed E-state index contributed by atoms with van der Waals surface area (Å²) in [5.41, 5.74) is 7.36. The SMILES string of the molecule is Nc1ccccc1-n1ccc(=O)cc1. The van der Waals surface area contributed by atoms with E-state index in [9.17, 15) is 4.79 Å². The van der Waals surface area contributed by atoms with Crippen LogP contribution in [0.3, 0.4) is 0 Å². The third-order valence-electron chi connectivity index (χ3n) is 2.01. The Kier molecular flexibility index (Phi) is 2.07. The summed E-state index contributed by atoms with van der Waals surface area (Å²) in [5, 5.41) is 0. The second kappa shape index (κ2) is 3.38. The Hall–Kier alpha value is -2.03. The summed E-state index contributed by atoms with van der Waals surface area (Å²) >= 11 is 0. The number of aromatic nitrogens is 1. The summed E-state index contributed by atoms with van der Waals surface area (Å²) in [6.45, 7) is 0. The monoisotopic (exact) mass is 186 g/mol. The lowest BCUT2D eigenvalue weighted by atomic mass is 10.2. The second-order valence-corrected chi connectivity index (χ2v) is 3.00. The molecule has 1 heterocycles. The number of anilines is 1. The molecule has 0 atom stereocenters. The molecule has 0 bridgehead atoms. The molecule has 70 valence electrons. The van der Waals surface area contributed by atoms with E-state index in [2.05, 4.69) is 0 Å². The van der Waals surface area contributed by atoms with Crippen LogP contribution in [0, 0.1) is 0 Å². The van der Waals surface area contributed by atoms with Crippen LogP contribution in [0.15, 0.2) is 53.6 Å². The lowest BCUT2D eigenvalue weighted by Crippen LogP contribution is -2.03. The Balaban J connectivity index is 2.55. The van der Waals surface area contributed by atoms with Crippen molar-refractivity contribution in [2.45, 2.75) is 0 Å². The first kappa shape index (κ1) is 8.56. The van der Waals surface area contributed by atoms with E-state index < -0.39 is 0 Å². The molecule has 0 aliphatic heterocycles. The molecule has 1 aromatic heterocycles. The van der Waals surface area contributed by atoms with Crippen molar-refractivity contribution in [3.05, 3.63) is 59.0 Å². The van der Waals surface area contributed by atoms with E-state index in [1.807, 2.05) is 28.8 Å². The fourth-order valence-electron chi connectivity index (χ4n) is 1.30. The lowest BCUT2D eigenvalue weighted by Gasteiger charge is -2.07. The number of benzene rings is 1. The highest BCUT2D eigenvalue weighted by molar-refractivity contribution is 5.57. The molecule has 0 saturated carbocycles. The molecule has 3 heteroatoms. The molecule has 2 N–H and O–H groups in total. The lowest BCUT2D eigenvalue weighted by molar-refractivity contribution is 1.04. The van der Waals surface area contributed by atoms with Gasteiger partial charge in [0, 0.05) is 24.5 Å². The predicted octanol–water partition coefficient (Wildman–Crippen LogP) is 1.42. The van der Waals surface area contributed by atoms with E-state index in [4.69, 9.17) is 5.73 Å². The van der Waals surface area contributed by atoms with E-state index in [-0.39, 0.29) is 5.43 Å². The first-order valence-corrected chi connectivity index (χ1v) is 4.30. The molecule has 0 fully saturated rings. The zero-order valence-corrected chi connectivity index (χ0v) is 7.55. The van der Waals surface area contributed by atoms with E-state index in [1.165, 1.54) is 12.1 Å². The highest BCUT2D eigenvalue weighted by atomic mass is 16.1. The van der Waals surface area contributed by atoms with Crippen molar-refractivity contribution in [2.24, 2.45) is 0 Å². The molecule has 0 amide bonds. The van der Waals surface area contributed by atoms with Gasteiger partial charge in [-0.25, -0.2) is 0 Å². The van der Waals surface area contributed by atoms with Gasteiger partial charge in [0.15, 0.2) is 5.43 Å². The first-order chi connectivity index (χ1) is 6.77. The summed E-state index contributed by atoms with van der Waals surface area (Å²) in [6.07, 6.45) is 3.40. The number of nitrogens with two attached hydrogens (primary N) is 1. The number of hydrogen-bond acceptors (Lipinski definition) is 2. The molecular formula is C11H10N2O. The largest absolute Gasteiger partial charge is 0.397 e. The van der Waals surface area contributed by atoms with Crippen molar-refractivity contribution >= 4 is 5.69 Å². The van der Waals surface area contributed by atoms with Gasteiger partial charge in [0.25, 0.3) is 0 Å². The summed E-state index contributed by atoms with van der Waals surface area (Å²) in [5.74, 6) is 0. The van der Waals surface area contributed by atoms with Gasteiger partial charge in [0.1, 0.15) is 0 Å². The van der Waals surface area contributed by atoms with Crippen LogP contribution in [-0.4, -0.2) is 4.57 Å². The Morgan fingerprint density at radius 3 is 2.29 bits per heavy atom. The Morgan fingerprint density at radius 2 is 1.64 bits per heavy atom. The number of para-hydroxylation sites is 2. The Labute approximate surface area is 81.4 Å². The van der Waals surface area contributed by atoms with Gasteiger partial charge in [-0.3, -0.25) is 4.79 Å². The van der Waals surface area contributed by atoms with Crippen LogP contribution in [0.25, 0.3) is 5.69 Å². The van der Waals surface area contributed by atoms with Crippen LogP contribution in [0.1, 0.15) is 0 Å². The van der Waals surface area contributed by atoms with E-state index in [0.29, 0.717) is 5.69 Å². The van der Waals surface area contributed by atoms with Crippen molar-refractivity contribution in [3.63, 3.8) is 0 Å². The molecule has 0 saturated heterocycles. The molecule has 0 unspecified atom stereocenters. The molecule has 3 nitrogen and oxygen atoms in total. The van der Waals surface area contributed by atoms with Crippen molar-refractivity contribution < 1.29 is 0 Å². The number of rotatable bonds is 1. The van der Waals surface area contributed by atoms with Crippen LogP contribution in [0.5, 0.6) is 0 Å². The number of nitrogen functional groups attached to an aromatic ring is 1. The predicted molar refractivity (Wildman–Crippen MR) is 56.5 cm³/mol. The van der Waals surface area contributed by atoms with E-state index in [0.717, 1.165) is 5.69 Å². The van der Waals surface area contributed by atoms with Crippen molar-refractivity contribution in [1.82, 2.24) is 4.57 Å². The summed E-state index contributed by atoms with van der Waals surface area (Å²) < 4.78 is 1.82. The summed E-state index contributed by atoms with van der Waals surface area (Å²) in [6, 6.07) is 10.5. The van der Waals surface area contributed by atoms with Crippen molar-refractivity contribution in [2.75, 3.05) is 5.73 Å². The highest BCUT2D eigenvalue weighted by Gasteiger charge is 1.97. The fraction of sp³-hybridized carbons (Fsp3) is 0. The van der Waals surface area contributed by atoms with Gasteiger partial charge in [0.05, 0.1) is 11.4 Å². The maximum atomic E-state index is 10.9. The second-order valence-electron chi connectivity index (χ2n) is 3.00. The third kappa shape index (κ3) is 1.52. The average Bonchev–Trinajstić information content (AvgIpc) is 2.20. The topological polar surface area (TPSA) is 48.0 Å². The molecule has 2 aromatic rings. The maximum absolute atomic E-state index is 10.9. The van der Waals surface area contributed by atoms with Crippen LogP contribution in [0.2, 0.25) is 0 Å². The molecule has 0 radical (unpaired) electrons. The smallest absolute Gasteiger partial charge is 0.181 e. The van der Waals surface area contributed by atoms with Gasteiger partial charge < -0.3 is 10.3 Å². The summed E-state index contributed by atoms with van der Waals surface area (Å²) in [4.78, 5) is 10.9. The van der Waals surface area contributed by atoms with Gasteiger partial charge in [-0.1, -0.05) is 12.1 Å². The highest BCUT2D eigenvalue weighted by Crippen LogP contribution is 2.14. The summed E-state index contributed by atoms with van der Waals surface area (Å²) in [7, 11) is 0. The maximum Gasteiger partial charge on any atom is 0.181 e. The molecule has 0 aliphatic carbocycles. The number of hydrogen-bond donors (Lipinski definition) is 1. The minimum Gasteiger partial charge on any atom is -0.397 e. The van der Waals surface area contributed by atoms with Crippen LogP contribution < -0.4 is 11.2 Å². The van der Waals surface area contributed by atoms with Crippen molar-refractivity contribution in [3.8, 4) is 5.69 Å². The van der Waals surface area contributed by atoms with Crippen LogP contribution in [-0.2, 0) is 0 Å². The Morgan fingerprint density at radius 1 is 1.00 bits per heavy atom. The van der Waals surface area contributed by atoms with Gasteiger partial charge in [-0.2, -0.15) is 0 Å². The quantitative estimate of drug-likeness (QED) is 0.685. The zero-order valence-electron chi connectivity index (χ0n) is 7.55. The molecule has 1 aromatic carbocycles. The minimum atomic E-state index is -0.00393. The fourth-order valence-corrected chi connectivity index (χ4v) is 1.30. The van der Waals surface area contributed by atoms with E-state index >= 15 is 0 Å². The average molecular weight is 186 g/mol. The van der Waals surface area contributed by atoms with Crippen LogP contribution in [0.4, 0.5) is 5.69 Å². The minimum absolute atomic E-state index is 0.00393. The van der Waals surface area contributed by atoms with Gasteiger partial charge in [0.2, 0.25) is 0 Å². The van der Waals surface area contributed by atoms with Gasteiger partial charge in [-0.15, -0.1) is 0 Å². The van der Waals surface area contributed by atoms with Crippen molar-refractivity contribution in [1.29, 1.82) is 0 Å². The Bertz CT molecular complexity index is 482. The first-order valence-electron chi connectivity index (χ1n) is 4.30. The molecule has 0 spiro atoms. The van der Waals surface area contributed by atoms with E-state index in [1.54, 1.807) is 12.4 Å². The zero-order chi connectivity index (χ0) is 9.97. The normalized spacial score (nSPS) is 10.0. The van der Waals surface area contributed by atoms with Gasteiger partial charge in [-0.05, 0) is 12.1 Å². The third-order valence-corrected chi connectivity index (χ3v) is 2.01.